The molecule has 2 heterocycles. The average Bonchev–Trinajstić information content (AvgIpc) is 3.45. The van der Waals surface area contributed by atoms with Crippen LogP contribution in [0.25, 0.3) is 61.5 Å². The number of rotatable bonds is 4. The zero-order chi connectivity index (χ0) is 27.3. The molecule has 1 aliphatic heterocycles. The highest BCUT2D eigenvalue weighted by molar-refractivity contribution is 6.03. The van der Waals surface area contributed by atoms with Crippen molar-refractivity contribution in [2.45, 2.75) is 0 Å². The quantitative estimate of drug-likeness (QED) is 0.228. The molecule has 0 saturated carbocycles. The number of anilines is 2. The van der Waals surface area contributed by atoms with Gasteiger partial charge in [0.05, 0.1) is 28.1 Å². The van der Waals surface area contributed by atoms with Gasteiger partial charge in [-0.2, -0.15) is 0 Å². The third-order valence-corrected chi connectivity index (χ3v) is 8.10. The zero-order valence-corrected chi connectivity index (χ0v) is 22.7. The van der Waals surface area contributed by atoms with Gasteiger partial charge in [-0.05, 0) is 64.2 Å². The first kappa shape index (κ1) is 23.5. The van der Waals surface area contributed by atoms with Gasteiger partial charge in [-0.1, -0.05) is 109 Å². The molecule has 0 unspecified atom stereocenters. The zero-order valence-electron chi connectivity index (χ0n) is 22.7. The van der Waals surface area contributed by atoms with Crippen LogP contribution >= 0.6 is 0 Å². The van der Waals surface area contributed by atoms with E-state index in [0.717, 1.165) is 33.8 Å². The van der Waals surface area contributed by atoms with E-state index in [4.69, 9.17) is 4.98 Å². The van der Waals surface area contributed by atoms with Crippen LogP contribution in [-0.2, 0) is 0 Å². The van der Waals surface area contributed by atoms with Gasteiger partial charge in [0.2, 0.25) is 0 Å². The predicted octanol–water partition coefficient (Wildman–Crippen LogP) is 9.77. The second kappa shape index (κ2) is 9.35. The van der Waals surface area contributed by atoms with Gasteiger partial charge in [-0.15, -0.1) is 0 Å². The van der Waals surface area contributed by atoms with Gasteiger partial charge in [0.15, 0.2) is 0 Å². The van der Waals surface area contributed by atoms with E-state index in [0.29, 0.717) is 0 Å². The molecule has 0 aliphatic carbocycles. The van der Waals surface area contributed by atoms with Crippen LogP contribution in [0.1, 0.15) is 0 Å². The number of benzene rings is 6. The summed E-state index contributed by atoms with van der Waals surface area (Å²) in [6.45, 7) is 0. The molecule has 6 aromatic carbocycles. The first-order chi connectivity index (χ1) is 20.3. The summed E-state index contributed by atoms with van der Waals surface area (Å²) in [7, 11) is 2.18. The Morgan fingerprint density at radius 1 is 0.463 bits per heavy atom. The summed E-state index contributed by atoms with van der Waals surface area (Å²) in [5.41, 5.74) is 13.9. The molecule has 7 aromatic rings. The molecule has 0 bridgehead atoms. The van der Waals surface area contributed by atoms with E-state index < -0.39 is 0 Å². The third kappa shape index (κ3) is 3.78. The molecule has 194 valence electrons. The Kier molecular flexibility index (Phi) is 5.36. The van der Waals surface area contributed by atoms with E-state index in [1.807, 2.05) is 0 Å². The second-order valence-corrected chi connectivity index (χ2v) is 10.5. The summed E-state index contributed by atoms with van der Waals surface area (Å²) in [5, 5.41) is 0. The lowest BCUT2D eigenvalue weighted by molar-refractivity contribution is 1.05. The molecule has 0 spiro atoms. The van der Waals surface area contributed by atoms with Crippen molar-refractivity contribution in [1.29, 1.82) is 0 Å². The summed E-state index contributed by atoms with van der Waals surface area (Å²) in [5.74, 6) is 0.961. The molecule has 3 heteroatoms. The van der Waals surface area contributed by atoms with Gasteiger partial charge >= 0.3 is 0 Å². The lowest BCUT2D eigenvalue weighted by atomic mass is 9.91. The third-order valence-electron chi connectivity index (χ3n) is 8.10. The van der Waals surface area contributed by atoms with Crippen molar-refractivity contribution in [3.05, 3.63) is 146 Å². The summed E-state index contributed by atoms with van der Waals surface area (Å²) in [6.07, 6.45) is 0. The number of hydrogen-bond acceptors (Lipinski definition) is 2. The maximum atomic E-state index is 5.13. The summed E-state index contributed by atoms with van der Waals surface area (Å²) < 4.78 is 2.35. The van der Waals surface area contributed by atoms with E-state index >= 15 is 0 Å². The molecule has 0 fully saturated rings. The van der Waals surface area contributed by atoms with Crippen molar-refractivity contribution in [3.8, 4) is 50.5 Å². The Morgan fingerprint density at radius 2 is 1.00 bits per heavy atom. The highest BCUT2D eigenvalue weighted by Crippen LogP contribution is 2.48. The molecule has 1 aromatic heterocycles. The van der Waals surface area contributed by atoms with Gasteiger partial charge in [0.25, 0.3) is 0 Å². The monoisotopic (exact) mass is 525 g/mol. The van der Waals surface area contributed by atoms with Crippen molar-refractivity contribution in [3.63, 3.8) is 0 Å². The van der Waals surface area contributed by atoms with Crippen LogP contribution in [0.5, 0.6) is 0 Å². The molecule has 0 atom stereocenters. The maximum Gasteiger partial charge on any atom is 0.145 e. The molecular weight excluding hydrogens is 498 g/mol. The lowest BCUT2D eigenvalue weighted by Crippen LogP contribution is -2.19. The topological polar surface area (TPSA) is 21.1 Å². The minimum atomic E-state index is 0.961. The Labute approximate surface area is 239 Å². The summed E-state index contributed by atoms with van der Waals surface area (Å²) in [4.78, 5) is 7.47. The molecule has 0 saturated heterocycles. The van der Waals surface area contributed by atoms with E-state index in [2.05, 4.69) is 162 Å². The van der Waals surface area contributed by atoms with Crippen molar-refractivity contribution >= 4 is 22.4 Å². The average molecular weight is 526 g/mol. The molecule has 3 nitrogen and oxygen atoms in total. The van der Waals surface area contributed by atoms with Crippen LogP contribution in [0.15, 0.2) is 146 Å². The van der Waals surface area contributed by atoms with Crippen molar-refractivity contribution in [1.82, 2.24) is 9.55 Å². The van der Waals surface area contributed by atoms with Gasteiger partial charge < -0.3 is 4.90 Å². The fourth-order valence-electron chi connectivity index (χ4n) is 6.19. The Hall–Kier alpha value is -5.41. The van der Waals surface area contributed by atoms with Crippen molar-refractivity contribution < 1.29 is 0 Å². The minimum Gasteiger partial charge on any atom is -0.341 e. The molecule has 0 amide bonds. The number of nitrogens with zero attached hydrogens (tertiary/aromatic N) is 3. The molecule has 0 N–H and O–H groups in total. The van der Waals surface area contributed by atoms with Crippen LogP contribution in [0.2, 0.25) is 0 Å². The Balaban J connectivity index is 1.41. The second-order valence-electron chi connectivity index (χ2n) is 10.5. The minimum absolute atomic E-state index is 0.961. The normalized spacial score (nSPS) is 12.0. The highest BCUT2D eigenvalue weighted by atomic mass is 15.2. The summed E-state index contributed by atoms with van der Waals surface area (Å²) in [6, 6.07) is 51.8. The SMILES string of the molecule is CN1c2c(-c3cc(-c4ccccc4)cc(-c4ccccc4)c3)cccc2-n2c(-c3ccccc3)nc3cccc1c32. The van der Waals surface area contributed by atoms with Gasteiger partial charge in [0, 0.05) is 18.2 Å². The predicted molar refractivity (Wildman–Crippen MR) is 171 cm³/mol. The van der Waals surface area contributed by atoms with Crippen molar-refractivity contribution in [2.24, 2.45) is 0 Å². The smallest absolute Gasteiger partial charge is 0.145 e. The Morgan fingerprint density at radius 3 is 1.63 bits per heavy atom. The lowest BCUT2D eigenvalue weighted by Gasteiger charge is -2.32. The first-order valence-corrected chi connectivity index (χ1v) is 14.0. The van der Waals surface area contributed by atoms with Crippen LogP contribution < -0.4 is 4.90 Å². The Bertz CT molecular complexity index is 1980. The van der Waals surface area contributed by atoms with Crippen LogP contribution in [0.3, 0.4) is 0 Å². The van der Waals surface area contributed by atoms with E-state index in [1.165, 1.54) is 39.1 Å². The fraction of sp³-hybridized carbons (Fsp3) is 0.0263. The number of aromatic nitrogens is 2. The van der Waals surface area contributed by atoms with Crippen LogP contribution in [0.4, 0.5) is 11.4 Å². The van der Waals surface area contributed by atoms with Gasteiger partial charge in [-0.3, -0.25) is 4.57 Å². The molecular formula is C38H27N3. The van der Waals surface area contributed by atoms with E-state index in [-0.39, 0.29) is 0 Å². The largest absolute Gasteiger partial charge is 0.341 e. The number of hydrogen-bond donors (Lipinski definition) is 0. The highest BCUT2D eigenvalue weighted by Gasteiger charge is 2.28. The van der Waals surface area contributed by atoms with Gasteiger partial charge in [-0.25, -0.2) is 4.98 Å². The van der Waals surface area contributed by atoms with Crippen LogP contribution in [0, 0.1) is 0 Å². The molecule has 1 aliphatic rings. The maximum absolute atomic E-state index is 5.13. The first-order valence-electron chi connectivity index (χ1n) is 14.0. The van der Waals surface area contributed by atoms with Gasteiger partial charge in [0.1, 0.15) is 5.82 Å². The fourth-order valence-corrected chi connectivity index (χ4v) is 6.19. The molecule has 8 rings (SSSR count). The molecule has 0 radical (unpaired) electrons. The van der Waals surface area contributed by atoms with E-state index in [1.54, 1.807) is 0 Å². The standard InChI is InChI=1S/C38H27N3/c1-40-34-21-12-20-33-37(34)41(38(39-33)28-17-9-4-10-18-28)35-22-11-19-32(36(35)40)31-24-29(26-13-5-2-6-14-26)23-30(25-31)27-15-7-3-8-16-27/h2-25H,1H3. The van der Waals surface area contributed by atoms with E-state index in [9.17, 15) is 0 Å². The number of imidazole rings is 1. The molecule has 41 heavy (non-hydrogen) atoms. The number of fused-ring (bicyclic) bond motifs is 2. The van der Waals surface area contributed by atoms with Crippen LogP contribution in [-0.4, -0.2) is 16.6 Å². The summed E-state index contributed by atoms with van der Waals surface area (Å²) >= 11 is 0. The van der Waals surface area contributed by atoms with Crippen molar-refractivity contribution in [2.75, 3.05) is 11.9 Å². The number of para-hydroxylation sites is 2.